The molecule has 0 aliphatic rings. The molecule has 3 heteroatoms. The first-order valence-corrected chi connectivity index (χ1v) is 9.73. The predicted molar refractivity (Wildman–Crippen MR) is 97.7 cm³/mol. The van der Waals surface area contributed by atoms with Crippen molar-refractivity contribution in [2.24, 2.45) is 0 Å². The Bertz CT molecular complexity index is 287. The van der Waals surface area contributed by atoms with Crippen molar-refractivity contribution < 1.29 is 15.0 Å². The summed E-state index contributed by atoms with van der Waals surface area (Å²) in [6.45, 7) is 2.15. The second-order valence-electron chi connectivity index (χ2n) is 6.61. The van der Waals surface area contributed by atoms with E-state index < -0.39 is 5.97 Å². The molecule has 0 rings (SSSR count). The van der Waals surface area contributed by atoms with Gasteiger partial charge < -0.3 is 10.2 Å². The van der Waals surface area contributed by atoms with Crippen molar-refractivity contribution in [2.75, 3.05) is 0 Å². The first-order valence-electron chi connectivity index (χ1n) is 9.73. The summed E-state index contributed by atoms with van der Waals surface area (Å²) in [5.41, 5.74) is 0. The van der Waals surface area contributed by atoms with E-state index in [0.29, 0.717) is 6.42 Å². The van der Waals surface area contributed by atoms with Gasteiger partial charge in [0.25, 0.3) is 0 Å². The molecule has 0 aromatic heterocycles. The lowest BCUT2D eigenvalue weighted by Gasteiger charge is -2.03. The van der Waals surface area contributed by atoms with Gasteiger partial charge in [-0.15, -0.1) is 0 Å². The van der Waals surface area contributed by atoms with Crippen molar-refractivity contribution in [3.8, 4) is 0 Å². The van der Waals surface area contributed by atoms with Gasteiger partial charge in [-0.1, -0.05) is 83.3 Å². The summed E-state index contributed by atoms with van der Waals surface area (Å²) in [7, 11) is 0. The number of allylic oxidation sites excluding steroid dienone is 1. The summed E-state index contributed by atoms with van der Waals surface area (Å²) < 4.78 is 0. The van der Waals surface area contributed by atoms with Crippen molar-refractivity contribution in [1.29, 1.82) is 0 Å². The molecule has 0 unspecified atom stereocenters. The predicted octanol–water partition coefficient (Wildman–Crippen LogP) is 5.86. The zero-order valence-electron chi connectivity index (χ0n) is 15.1. The molecule has 0 aromatic rings. The summed E-state index contributed by atoms with van der Waals surface area (Å²) in [5.74, 6) is -0.671. The van der Waals surface area contributed by atoms with E-state index in [1.165, 1.54) is 51.4 Å². The third-order valence-electron chi connectivity index (χ3n) is 4.22. The van der Waals surface area contributed by atoms with Crippen LogP contribution in [0.1, 0.15) is 103 Å². The average Bonchev–Trinajstić information content (AvgIpc) is 2.52. The van der Waals surface area contributed by atoms with E-state index in [2.05, 4.69) is 13.0 Å². The van der Waals surface area contributed by atoms with E-state index in [9.17, 15) is 9.90 Å². The van der Waals surface area contributed by atoms with Crippen LogP contribution in [0, 0.1) is 0 Å². The zero-order valence-corrected chi connectivity index (χ0v) is 15.1. The largest absolute Gasteiger partial charge is 0.481 e. The van der Waals surface area contributed by atoms with Gasteiger partial charge in [-0.25, -0.2) is 0 Å². The van der Waals surface area contributed by atoms with Crippen LogP contribution in [0.25, 0.3) is 0 Å². The fraction of sp³-hybridized carbons (Fsp3) is 0.850. The van der Waals surface area contributed by atoms with Gasteiger partial charge in [0.2, 0.25) is 0 Å². The second-order valence-corrected chi connectivity index (χ2v) is 6.61. The number of unbranched alkanes of at least 4 members (excludes halogenated alkanes) is 11. The van der Waals surface area contributed by atoms with Crippen LogP contribution in [0.4, 0.5) is 0 Å². The van der Waals surface area contributed by atoms with E-state index in [-0.39, 0.29) is 6.10 Å². The summed E-state index contributed by atoms with van der Waals surface area (Å²) in [5, 5.41) is 18.2. The van der Waals surface area contributed by atoms with E-state index in [4.69, 9.17) is 5.11 Å². The van der Waals surface area contributed by atoms with E-state index in [1.807, 2.05) is 6.08 Å². The molecule has 0 radical (unpaired) electrons. The Hall–Kier alpha value is -0.830. The van der Waals surface area contributed by atoms with Crippen LogP contribution < -0.4 is 0 Å². The lowest BCUT2D eigenvalue weighted by molar-refractivity contribution is -0.137. The summed E-state index contributed by atoms with van der Waals surface area (Å²) in [4.78, 5) is 10.4. The molecule has 0 fully saturated rings. The number of hydrogen-bond acceptors (Lipinski definition) is 2. The Kier molecular flexibility index (Phi) is 16.9. The van der Waals surface area contributed by atoms with Crippen LogP contribution in [0.2, 0.25) is 0 Å². The standard InChI is InChI=1S/C20H38O3/c1-2-3-16-19(21)17-14-12-10-8-6-4-5-7-9-11-13-15-18-20(22)23/h14,17,19,21H,2-13,15-16,18H2,1H3,(H,22,23)/b17-14-/t19-/m0/s1. The first kappa shape index (κ1) is 22.2. The monoisotopic (exact) mass is 326 g/mol. The van der Waals surface area contributed by atoms with Gasteiger partial charge in [0.1, 0.15) is 0 Å². The van der Waals surface area contributed by atoms with Crippen molar-refractivity contribution in [3.05, 3.63) is 12.2 Å². The van der Waals surface area contributed by atoms with Crippen LogP contribution in [-0.4, -0.2) is 22.3 Å². The fourth-order valence-corrected chi connectivity index (χ4v) is 2.72. The van der Waals surface area contributed by atoms with Crippen molar-refractivity contribution in [2.45, 2.75) is 109 Å². The summed E-state index contributed by atoms with van der Waals surface area (Å²) >= 11 is 0. The second kappa shape index (κ2) is 17.5. The van der Waals surface area contributed by atoms with Crippen LogP contribution >= 0.6 is 0 Å². The highest BCUT2D eigenvalue weighted by Gasteiger charge is 1.98. The van der Waals surface area contributed by atoms with Crippen molar-refractivity contribution in [1.82, 2.24) is 0 Å². The summed E-state index contributed by atoms with van der Waals surface area (Å²) in [6, 6.07) is 0. The van der Waals surface area contributed by atoms with E-state index in [0.717, 1.165) is 38.5 Å². The van der Waals surface area contributed by atoms with Crippen molar-refractivity contribution >= 4 is 5.97 Å². The zero-order chi connectivity index (χ0) is 17.2. The molecular weight excluding hydrogens is 288 g/mol. The molecule has 0 spiro atoms. The normalized spacial score (nSPS) is 12.8. The molecule has 0 amide bonds. The van der Waals surface area contributed by atoms with Gasteiger partial charge in [0.15, 0.2) is 0 Å². The van der Waals surface area contributed by atoms with Gasteiger partial charge in [0.05, 0.1) is 6.10 Å². The number of carboxylic acids is 1. The highest BCUT2D eigenvalue weighted by Crippen LogP contribution is 2.12. The van der Waals surface area contributed by atoms with Gasteiger partial charge in [-0.05, 0) is 25.7 Å². The Morgan fingerprint density at radius 1 is 0.870 bits per heavy atom. The first-order chi connectivity index (χ1) is 11.2. The molecule has 1 atom stereocenters. The number of aliphatic hydroxyl groups excluding tert-OH is 1. The Labute approximate surface area is 143 Å². The third kappa shape index (κ3) is 19.1. The van der Waals surface area contributed by atoms with Crippen LogP contribution in [0.3, 0.4) is 0 Å². The SMILES string of the molecule is CCCC[C@H](O)/C=C\CCCCCCCCCCCCC(=O)O. The maximum Gasteiger partial charge on any atom is 0.303 e. The minimum Gasteiger partial charge on any atom is -0.481 e. The molecule has 0 aliphatic carbocycles. The van der Waals surface area contributed by atoms with E-state index in [1.54, 1.807) is 0 Å². The van der Waals surface area contributed by atoms with Gasteiger partial charge >= 0.3 is 5.97 Å². The fourth-order valence-electron chi connectivity index (χ4n) is 2.72. The molecule has 0 bridgehead atoms. The smallest absolute Gasteiger partial charge is 0.303 e. The Morgan fingerprint density at radius 3 is 1.91 bits per heavy atom. The number of carbonyl (C=O) groups is 1. The number of hydrogen-bond donors (Lipinski definition) is 2. The minimum atomic E-state index is -0.671. The average molecular weight is 327 g/mol. The third-order valence-corrected chi connectivity index (χ3v) is 4.22. The minimum absolute atomic E-state index is 0.245. The quantitative estimate of drug-likeness (QED) is 0.260. The molecule has 23 heavy (non-hydrogen) atoms. The molecule has 0 aliphatic heterocycles. The van der Waals surface area contributed by atoms with Gasteiger partial charge in [0, 0.05) is 6.42 Å². The number of aliphatic carboxylic acids is 1. The van der Waals surface area contributed by atoms with E-state index >= 15 is 0 Å². The van der Waals surface area contributed by atoms with Crippen LogP contribution in [0.5, 0.6) is 0 Å². The molecular formula is C20H38O3. The molecule has 0 aromatic carbocycles. The molecule has 3 nitrogen and oxygen atoms in total. The summed E-state index contributed by atoms with van der Waals surface area (Å²) in [6.07, 6.45) is 20.5. The highest BCUT2D eigenvalue weighted by atomic mass is 16.4. The maximum atomic E-state index is 10.4. The van der Waals surface area contributed by atoms with Gasteiger partial charge in [-0.3, -0.25) is 4.79 Å². The molecule has 0 saturated carbocycles. The molecule has 0 saturated heterocycles. The lowest BCUT2D eigenvalue weighted by atomic mass is 10.0. The number of carboxylic acid groups (broad SMARTS) is 1. The van der Waals surface area contributed by atoms with Gasteiger partial charge in [-0.2, -0.15) is 0 Å². The van der Waals surface area contributed by atoms with Crippen LogP contribution in [-0.2, 0) is 4.79 Å². The van der Waals surface area contributed by atoms with Crippen LogP contribution in [0.15, 0.2) is 12.2 Å². The number of rotatable bonds is 17. The Balaban J connectivity index is 3.16. The van der Waals surface area contributed by atoms with Crippen molar-refractivity contribution in [3.63, 3.8) is 0 Å². The lowest BCUT2D eigenvalue weighted by Crippen LogP contribution is -2.00. The molecule has 136 valence electrons. The molecule has 2 N–H and O–H groups in total. The topological polar surface area (TPSA) is 57.5 Å². The maximum absolute atomic E-state index is 10.4. The molecule has 0 heterocycles. The Morgan fingerprint density at radius 2 is 1.39 bits per heavy atom. The number of aliphatic hydroxyl groups is 1. The highest BCUT2D eigenvalue weighted by molar-refractivity contribution is 5.66.